The number of rotatable bonds is 6. The smallest absolute Gasteiger partial charge is 0.338 e. The van der Waals surface area contributed by atoms with E-state index in [0.717, 1.165) is 0 Å². The Hall–Kier alpha value is -2.95. The molecule has 0 spiro atoms. The second-order valence-electron chi connectivity index (χ2n) is 4.92. The molecule has 0 heterocycles. The minimum Gasteiger partial charge on any atom is -0.462 e. The predicted octanol–water partition coefficient (Wildman–Crippen LogP) is 3.27. The lowest BCUT2D eigenvalue weighted by atomic mass is 10.0. The summed E-state index contributed by atoms with van der Waals surface area (Å²) in [6.07, 6.45) is 0. The molecule has 0 unspecified atom stereocenters. The highest BCUT2D eigenvalue weighted by atomic mass is 16.5. The van der Waals surface area contributed by atoms with E-state index in [9.17, 15) is 14.4 Å². The molecule has 0 aliphatic carbocycles. The molecular weight excluding hydrogens is 308 g/mol. The molecule has 0 saturated carbocycles. The van der Waals surface area contributed by atoms with Gasteiger partial charge in [-0.2, -0.15) is 0 Å². The zero-order valence-electron chi connectivity index (χ0n) is 13.6. The number of benzene rings is 2. The van der Waals surface area contributed by atoms with E-state index < -0.39 is 11.9 Å². The fourth-order valence-corrected chi connectivity index (χ4v) is 2.11. The number of carbonyl (C=O) groups excluding carboxylic acids is 3. The van der Waals surface area contributed by atoms with Gasteiger partial charge in [0.15, 0.2) is 5.78 Å². The third-order valence-electron chi connectivity index (χ3n) is 3.32. The summed E-state index contributed by atoms with van der Waals surface area (Å²) in [4.78, 5) is 35.6. The SMILES string of the molecule is CCOC(=O)c1ccc(C(=O)c2ccc(C(=O)OCC)cc2)cc1. The molecule has 0 atom stereocenters. The molecule has 0 bridgehead atoms. The molecule has 0 fully saturated rings. The van der Waals surface area contributed by atoms with Crippen LogP contribution in [-0.2, 0) is 9.47 Å². The van der Waals surface area contributed by atoms with Gasteiger partial charge in [-0.25, -0.2) is 9.59 Å². The van der Waals surface area contributed by atoms with Crippen LogP contribution < -0.4 is 0 Å². The highest BCUT2D eigenvalue weighted by Crippen LogP contribution is 2.13. The van der Waals surface area contributed by atoms with Crippen molar-refractivity contribution in [2.45, 2.75) is 13.8 Å². The predicted molar refractivity (Wildman–Crippen MR) is 88.2 cm³/mol. The number of hydrogen-bond donors (Lipinski definition) is 0. The summed E-state index contributed by atoms with van der Waals surface area (Å²) in [6, 6.07) is 12.5. The van der Waals surface area contributed by atoms with Crippen LogP contribution >= 0.6 is 0 Å². The first-order chi connectivity index (χ1) is 11.6. The average molecular weight is 326 g/mol. The van der Waals surface area contributed by atoms with Crippen LogP contribution in [0.15, 0.2) is 48.5 Å². The van der Waals surface area contributed by atoms with Crippen LogP contribution in [0.3, 0.4) is 0 Å². The van der Waals surface area contributed by atoms with Crippen LogP contribution in [0.1, 0.15) is 50.5 Å². The maximum absolute atomic E-state index is 12.4. The maximum Gasteiger partial charge on any atom is 0.338 e. The topological polar surface area (TPSA) is 69.7 Å². The zero-order valence-corrected chi connectivity index (χ0v) is 13.6. The summed E-state index contributed by atoms with van der Waals surface area (Å²) in [6.45, 7) is 4.06. The Kier molecular flexibility index (Phi) is 5.84. The van der Waals surface area contributed by atoms with Crippen LogP contribution in [0.25, 0.3) is 0 Å². The van der Waals surface area contributed by atoms with E-state index in [1.54, 1.807) is 62.4 Å². The molecule has 5 nitrogen and oxygen atoms in total. The molecule has 0 N–H and O–H groups in total. The van der Waals surface area contributed by atoms with Crippen molar-refractivity contribution in [3.8, 4) is 0 Å². The third kappa shape index (κ3) is 4.07. The zero-order chi connectivity index (χ0) is 17.5. The molecule has 0 aliphatic rings. The molecule has 2 aromatic rings. The van der Waals surface area contributed by atoms with Crippen LogP contribution in [0.4, 0.5) is 0 Å². The Morgan fingerprint density at radius 2 is 0.917 bits per heavy atom. The molecule has 0 aromatic heterocycles. The summed E-state index contributed by atoms with van der Waals surface area (Å²) in [7, 11) is 0. The van der Waals surface area contributed by atoms with Crippen molar-refractivity contribution in [2.75, 3.05) is 13.2 Å². The van der Waals surface area contributed by atoms with Gasteiger partial charge in [0.25, 0.3) is 0 Å². The minimum absolute atomic E-state index is 0.194. The van der Waals surface area contributed by atoms with Crippen molar-refractivity contribution in [1.82, 2.24) is 0 Å². The molecule has 0 radical (unpaired) electrons. The highest BCUT2D eigenvalue weighted by molar-refractivity contribution is 6.09. The lowest BCUT2D eigenvalue weighted by Gasteiger charge is -2.05. The Labute approximate surface area is 140 Å². The minimum atomic E-state index is -0.421. The van der Waals surface area contributed by atoms with E-state index in [2.05, 4.69) is 0 Å². The molecule has 0 aliphatic heterocycles. The quantitative estimate of drug-likeness (QED) is 0.602. The Balaban J connectivity index is 2.14. The molecule has 2 rings (SSSR count). The first-order valence-electron chi connectivity index (χ1n) is 7.65. The van der Waals surface area contributed by atoms with Crippen molar-refractivity contribution >= 4 is 17.7 Å². The lowest BCUT2D eigenvalue weighted by Crippen LogP contribution is -2.07. The summed E-state index contributed by atoms with van der Waals surface area (Å²) in [5.74, 6) is -1.04. The summed E-state index contributed by atoms with van der Waals surface area (Å²) in [5.41, 5.74) is 1.69. The maximum atomic E-state index is 12.4. The van der Waals surface area contributed by atoms with Gasteiger partial charge in [-0.3, -0.25) is 4.79 Å². The molecule has 0 saturated heterocycles. The number of carbonyl (C=O) groups is 3. The fraction of sp³-hybridized carbons (Fsp3) is 0.211. The van der Waals surface area contributed by atoms with Crippen molar-refractivity contribution in [3.63, 3.8) is 0 Å². The monoisotopic (exact) mass is 326 g/mol. The van der Waals surface area contributed by atoms with Gasteiger partial charge in [-0.1, -0.05) is 24.3 Å². The number of ketones is 1. The van der Waals surface area contributed by atoms with Crippen molar-refractivity contribution in [1.29, 1.82) is 0 Å². The van der Waals surface area contributed by atoms with Gasteiger partial charge >= 0.3 is 11.9 Å². The van der Waals surface area contributed by atoms with E-state index in [1.807, 2.05) is 0 Å². The standard InChI is InChI=1S/C19H18O5/c1-3-23-18(21)15-9-5-13(6-10-15)17(20)14-7-11-16(12-8-14)19(22)24-4-2/h5-12H,3-4H2,1-2H3. The van der Waals surface area contributed by atoms with Gasteiger partial charge in [0.2, 0.25) is 0 Å². The first-order valence-corrected chi connectivity index (χ1v) is 7.65. The Morgan fingerprint density at radius 1 is 0.625 bits per heavy atom. The molecule has 124 valence electrons. The number of esters is 2. The normalized spacial score (nSPS) is 10.1. The van der Waals surface area contributed by atoms with Crippen LogP contribution in [0.5, 0.6) is 0 Å². The number of ether oxygens (including phenoxy) is 2. The van der Waals surface area contributed by atoms with Crippen molar-refractivity contribution in [2.24, 2.45) is 0 Å². The Morgan fingerprint density at radius 3 is 1.21 bits per heavy atom. The lowest BCUT2D eigenvalue weighted by molar-refractivity contribution is 0.0517. The van der Waals surface area contributed by atoms with E-state index in [0.29, 0.717) is 35.5 Å². The summed E-state index contributed by atoms with van der Waals surface area (Å²) in [5, 5.41) is 0. The second-order valence-corrected chi connectivity index (χ2v) is 4.92. The van der Waals surface area contributed by atoms with Gasteiger partial charge in [0.05, 0.1) is 24.3 Å². The van der Waals surface area contributed by atoms with Gasteiger partial charge in [-0.05, 0) is 38.1 Å². The fourth-order valence-electron chi connectivity index (χ4n) is 2.11. The second kappa shape index (κ2) is 8.06. The van der Waals surface area contributed by atoms with Gasteiger partial charge in [0, 0.05) is 11.1 Å². The first kappa shape index (κ1) is 17.4. The Bertz CT molecular complexity index is 666. The molecule has 24 heavy (non-hydrogen) atoms. The van der Waals surface area contributed by atoms with E-state index in [1.165, 1.54) is 0 Å². The number of hydrogen-bond acceptors (Lipinski definition) is 5. The van der Waals surface area contributed by atoms with Crippen molar-refractivity contribution in [3.05, 3.63) is 70.8 Å². The summed E-state index contributed by atoms with van der Waals surface area (Å²) < 4.78 is 9.80. The van der Waals surface area contributed by atoms with Crippen molar-refractivity contribution < 1.29 is 23.9 Å². The average Bonchev–Trinajstić information content (AvgIpc) is 2.62. The summed E-state index contributed by atoms with van der Waals surface area (Å²) >= 11 is 0. The largest absolute Gasteiger partial charge is 0.462 e. The molecule has 2 aromatic carbocycles. The molecule has 5 heteroatoms. The van der Waals surface area contributed by atoms with Gasteiger partial charge in [0.1, 0.15) is 0 Å². The van der Waals surface area contributed by atoms with Crippen LogP contribution in [0.2, 0.25) is 0 Å². The molecule has 0 amide bonds. The van der Waals surface area contributed by atoms with Gasteiger partial charge in [-0.15, -0.1) is 0 Å². The van der Waals surface area contributed by atoms with Crippen LogP contribution in [-0.4, -0.2) is 30.9 Å². The van der Waals surface area contributed by atoms with E-state index >= 15 is 0 Å². The van der Waals surface area contributed by atoms with Crippen LogP contribution in [0, 0.1) is 0 Å². The van der Waals surface area contributed by atoms with E-state index in [4.69, 9.17) is 9.47 Å². The van der Waals surface area contributed by atoms with Gasteiger partial charge < -0.3 is 9.47 Å². The highest BCUT2D eigenvalue weighted by Gasteiger charge is 2.13. The van der Waals surface area contributed by atoms with E-state index in [-0.39, 0.29) is 5.78 Å². The molecular formula is C19H18O5. The third-order valence-corrected chi connectivity index (χ3v) is 3.32.